The molecule has 1 aliphatic carbocycles. The average molecular weight is 212 g/mol. The summed E-state index contributed by atoms with van der Waals surface area (Å²) in [6.45, 7) is 0. The molecule has 1 saturated carbocycles. The van der Waals surface area contributed by atoms with Gasteiger partial charge in [-0.25, -0.2) is 9.97 Å². The highest BCUT2D eigenvalue weighted by molar-refractivity contribution is 6.31. The van der Waals surface area contributed by atoms with Gasteiger partial charge in [0.2, 0.25) is 0 Å². The molecular formula is C10H14ClN3. The van der Waals surface area contributed by atoms with Gasteiger partial charge in [-0.05, 0) is 12.8 Å². The van der Waals surface area contributed by atoms with Crippen molar-refractivity contribution in [3.8, 4) is 0 Å². The quantitative estimate of drug-likeness (QED) is 0.775. The Kier molecular flexibility index (Phi) is 2.70. The van der Waals surface area contributed by atoms with E-state index in [9.17, 15) is 0 Å². The lowest BCUT2D eigenvalue weighted by molar-refractivity contribution is 0.295. The maximum Gasteiger partial charge on any atom is 0.115 e. The van der Waals surface area contributed by atoms with Crippen molar-refractivity contribution in [2.75, 3.05) is 0 Å². The normalized spacial score (nSPS) is 20.7. The van der Waals surface area contributed by atoms with Crippen LogP contribution in [0.3, 0.4) is 0 Å². The number of hydrogen-bond donors (Lipinski definition) is 1. The Morgan fingerprint density at radius 2 is 2.00 bits per heavy atom. The lowest BCUT2D eigenvalue weighted by Crippen LogP contribution is -2.39. The van der Waals surface area contributed by atoms with Gasteiger partial charge in [-0.1, -0.05) is 30.9 Å². The predicted octanol–water partition coefficient (Wildman–Crippen LogP) is 2.25. The molecule has 0 spiro atoms. The topological polar surface area (TPSA) is 51.8 Å². The van der Waals surface area contributed by atoms with E-state index in [-0.39, 0.29) is 5.54 Å². The van der Waals surface area contributed by atoms with Crippen LogP contribution in [0.4, 0.5) is 0 Å². The maximum absolute atomic E-state index is 6.31. The average Bonchev–Trinajstić information content (AvgIpc) is 2.19. The minimum absolute atomic E-state index is 0.321. The second kappa shape index (κ2) is 3.83. The molecule has 0 radical (unpaired) electrons. The highest BCUT2D eigenvalue weighted by Gasteiger charge is 2.32. The van der Waals surface area contributed by atoms with Crippen molar-refractivity contribution in [2.45, 2.75) is 37.6 Å². The molecule has 0 bridgehead atoms. The number of rotatable bonds is 1. The molecule has 0 aliphatic heterocycles. The van der Waals surface area contributed by atoms with Crippen LogP contribution in [-0.2, 0) is 5.54 Å². The molecule has 0 amide bonds. The van der Waals surface area contributed by atoms with Gasteiger partial charge in [-0.2, -0.15) is 0 Å². The van der Waals surface area contributed by atoms with Crippen molar-refractivity contribution in [2.24, 2.45) is 5.73 Å². The zero-order chi connectivity index (χ0) is 10.0. The fourth-order valence-corrected chi connectivity index (χ4v) is 2.39. The van der Waals surface area contributed by atoms with Gasteiger partial charge in [0.05, 0.1) is 16.3 Å². The molecule has 3 nitrogen and oxygen atoms in total. The van der Waals surface area contributed by atoms with Gasteiger partial charge in [0.15, 0.2) is 0 Å². The lowest BCUT2D eigenvalue weighted by Gasteiger charge is -2.33. The van der Waals surface area contributed by atoms with Crippen LogP contribution in [0, 0.1) is 0 Å². The fourth-order valence-electron chi connectivity index (χ4n) is 2.10. The molecule has 1 aliphatic rings. The third-order valence-corrected chi connectivity index (χ3v) is 3.16. The monoisotopic (exact) mass is 211 g/mol. The Hall–Kier alpha value is -0.670. The number of aromatic nitrogens is 2. The molecule has 2 N–H and O–H groups in total. The Balaban J connectivity index is 2.32. The van der Waals surface area contributed by atoms with Crippen LogP contribution in [0.1, 0.15) is 37.8 Å². The minimum Gasteiger partial charge on any atom is -0.320 e. The summed E-state index contributed by atoms with van der Waals surface area (Å²) >= 11 is 6.04. The van der Waals surface area contributed by atoms with E-state index in [0.717, 1.165) is 31.4 Å². The summed E-state index contributed by atoms with van der Waals surface area (Å²) in [5.41, 5.74) is 6.80. The van der Waals surface area contributed by atoms with Crippen molar-refractivity contribution in [3.05, 3.63) is 23.2 Å². The predicted molar refractivity (Wildman–Crippen MR) is 56.0 cm³/mol. The van der Waals surface area contributed by atoms with Gasteiger partial charge in [-0.3, -0.25) is 0 Å². The molecule has 1 fully saturated rings. The Morgan fingerprint density at radius 1 is 1.29 bits per heavy atom. The van der Waals surface area contributed by atoms with Crippen LogP contribution in [0.2, 0.25) is 5.02 Å². The van der Waals surface area contributed by atoms with Gasteiger partial charge in [0.1, 0.15) is 6.33 Å². The SMILES string of the molecule is NC1(c2ncncc2Cl)CCCCC1. The van der Waals surface area contributed by atoms with Gasteiger partial charge >= 0.3 is 0 Å². The van der Waals surface area contributed by atoms with Crippen molar-refractivity contribution < 1.29 is 0 Å². The Bertz CT molecular complexity index is 321. The molecule has 1 aromatic rings. The summed E-state index contributed by atoms with van der Waals surface area (Å²) in [4.78, 5) is 8.08. The standard InChI is InChI=1S/C10H14ClN3/c11-8-6-13-7-14-9(8)10(12)4-2-1-3-5-10/h6-7H,1-5,12H2. The maximum atomic E-state index is 6.31. The number of nitrogens with zero attached hydrogens (tertiary/aromatic N) is 2. The number of halogens is 1. The van der Waals surface area contributed by atoms with E-state index >= 15 is 0 Å². The molecule has 76 valence electrons. The number of hydrogen-bond acceptors (Lipinski definition) is 3. The summed E-state index contributed by atoms with van der Waals surface area (Å²) in [7, 11) is 0. The summed E-state index contributed by atoms with van der Waals surface area (Å²) in [5, 5.41) is 0.594. The molecule has 0 unspecified atom stereocenters. The van der Waals surface area contributed by atoms with Gasteiger partial charge in [-0.15, -0.1) is 0 Å². The van der Waals surface area contributed by atoms with E-state index in [1.165, 1.54) is 12.7 Å². The highest BCUT2D eigenvalue weighted by atomic mass is 35.5. The zero-order valence-electron chi connectivity index (χ0n) is 8.04. The molecular weight excluding hydrogens is 198 g/mol. The summed E-state index contributed by atoms with van der Waals surface area (Å²) in [6, 6.07) is 0. The van der Waals surface area contributed by atoms with E-state index in [1.807, 2.05) is 0 Å². The van der Waals surface area contributed by atoms with E-state index in [4.69, 9.17) is 17.3 Å². The zero-order valence-corrected chi connectivity index (χ0v) is 8.80. The second-order valence-corrected chi connectivity index (χ2v) is 4.34. The van der Waals surface area contributed by atoms with Crippen molar-refractivity contribution in [1.29, 1.82) is 0 Å². The first kappa shape index (κ1) is 9.87. The summed E-state index contributed by atoms with van der Waals surface area (Å²) < 4.78 is 0. The summed E-state index contributed by atoms with van der Waals surface area (Å²) in [6.07, 6.45) is 8.68. The van der Waals surface area contributed by atoms with Crippen LogP contribution >= 0.6 is 11.6 Å². The van der Waals surface area contributed by atoms with E-state index < -0.39 is 0 Å². The highest BCUT2D eigenvalue weighted by Crippen LogP contribution is 2.36. The molecule has 0 saturated heterocycles. The first-order valence-electron chi connectivity index (χ1n) is 4.97. The second-order valence-electron chi connectivity index (χ2n) is 3.94. The molecule has 14 heavy (non-hydrogen) atoms. The summed E-state index contributed by atoms with van der Waals surface area (Å²) in [5.74, 6) is 0. The van der Waals surface area contributed by atoms with Crippen molar-refractivity contribution in [1.82, 2.24) is 9.97 Å². The molecule has 0 atom stereocenters. The van der Waals surface area contributed by atoms with Crippen LogP contribution in [0.25, 0.3) is 0 Å². The van der Waals surface area contributed by atoms with Crippen LogP contribution in [-0.4, -0.2) is 9.97 Å². The Labute approximate surface area is 88.7 Å². The smallest absolute Gasteiger partial charge is 0.115 e. The fraction of sp³-hybridized carbons (Fsp3) is 0.600. The largest absolute Gasteiger partial charge is 0.320 e. The third-order valence-electron chi connectivity index (χ3n) is 2.88. The van der Waals surface area contributed by atoms with Crippen molar-refractivity contribution in [3.63, 3.8) is 0 Å². The van der Waals surface area contributed by atoms with Crippen LogP contribution < -0.4 is 5.73 Å². The first-order valence-corrected chi connectivity index (χ1v) is 5.35. The molecule has 1 aromatic heterocycles. The molecule has 2 rings (SSSR count). The molecule has 4 heteroatoms. The van der Waals surface area contributed by atoms with Gasteiger partial charge in [0, 0.05) is 6.20 Å². The van der Waals surface area contributed by atoms with Gasteiger partial charge < -0.3 is 5.73 Å². The minimum atomic E-state index is -0.321. The number of nitrogens with two attached hydrogens (primary N) is 1. The first-order chi connectivity index (χ1) is 6.72. The van der Waals surface area contributed by atoms with Gasteiger partial charge in [0.25, 0.3) is 0 Å². The lowest BCUT2D eigenvalue weighted by atomic mass is 9.80. The van der Waals surface area contributed by atoms with Crippen molar-refractivity contribution >= 4 is 11.6 Å². The van der Waals surface area contributed by atoms with Crippen LogP contribution in [0.15, 0.2) is 12.5 Å². The third kappa shape index (κ3) is 1.74. The van der Waals surface area contributed by atoms with E-state index in [2.05, 4.69) is 9.97 Å². The van der Waals surface area contributed by atoms with E-state index in [1.54, 1.807) is 6.20 Å². The van der Waals surface area contributed by atoms with E-state index in [0.29, 0.717) is 5.02 Å². The molecule has 0 aromatic carbocycles. The Morgan fingerprint density at radius 3 is 2.64 bits per heavy atom. The molecule has 1 heterocycles. The van der Waals surface area contributed by atoms with Crippen LogP contribution in [0.5, 0.6) is 0 Å².